The van der Waals surface area contributed by atoms with Crippen molar-refractivity contribution in [3.05, 3.63) is 83.1 Å². The van der Waals surface area contributed by atoms with Gasteiger partial charge in [-0.1, -0.05) is 5.16 Å². The first-order valence-corrected chi connectivity index (χ1v) is 13.1. The zero-order chi connectivity index (χ0) is 32.0. The number of primary amides is 1. The lowest BCUT2D eigenvalue weighted by Gasteiger charge is -2.31. The fourth-order valence-corrected chi connectivity index (χ4v) is 4.86. The van der Waals surface area contributed by atoms with Crippen LogP contribution in [0, 0.1) is 12.7 Å². The average molecular weight is 615 g/mol. The molecule has 0 fully saturated rings. The molecule has 14 heteroatoms. The van der Waals surface area contributed by atoms with Crippen LogP contribution in [-0.2, 0) is 15.8 Å². The summed E-state index contributed by atoms with van der Waals surface area (Å²) >= 11 is 0. The van der Waals surface area contributed by atoms with Crippen molar-refractivity contribution in [2.75, 3.05) is 20.3 Å². The monoisotopic (exact) mass is 614 g/mol. The number of fused-ring (bicyclic) bond motifs is 1. The fraction of sp³-hybridized carbons (Fsp3) is 0.267. The number of methoxy groups -OCH3 is 1. The normalized spacial score (nSPS) is 17.4. The first kappa shape index (κ1) is 30.5. The number of alkyl halides is 3. The second-order valence-electron chi connectivity index (χ2n) is 10.5. The molecule has 4 aromatic rings. The standard InChI is InChI=1S/C30H26F4N4O6/c1-15-20(12-37-44-15)19-9-6-17(10-22(19)42-3)26(39)36-13-29(41,30(32,33)34)23-11-21-25(43-14-28(21,2)27(35)40)24(38-23)16-4-7-18(31)8-5-16/h4-12,41H,13-14H2,1-3H3,(H2,35,40)(H,36,39)/t28-,29-/m0/s1. The van der Waals surface area contributed by atoms with Gasteiger partial charge in [0.1, 0.15) is 40.8 Å². The molecule has 2 aromatic carbocycles. The number of benzene rings is 2. The van der Waals surface area contributed by atoms with Gasteiger partial charge in [-0.2, -0.15) is 13.2 Å². The van der Waals surface area contributed by atoms with E-state index in [1.165, 1.54) is 50.6 Å². The van der Waals surface area contributed by atoms with Gasteiger partial charge in [0.2, 0.25) is 11.5 Å². The molecule has 44 heavy (non-hydrogen) atoms. The van der Waals surface area contributed by atoms with Crippen LogP contribution in [0.15, 0.2) is 59.3 Å². The molecule has 4 N–H and O–H groups in total. The quantitative estimate of drug-likeness (QED) is 0.250. The number of ether oxygens (including phenoxy) is 2. The topological polar surface area (TPSA) is 150 Å². The summed E-state index contributed by atoms with van der Waals surface area (Å²) < 4.78 is 73.7. The summed E-state index contributed by atoms with van der Waals surface area (Å²) in [7, 11) is 1.35. The Morgan fingerprint density at radius 2 is 1.84 bits per heavy atom. The molecular formula is C30H26F4N4O6. The van der Waals surface area contributed by atoms with Crippen LogP contribution in [0.4, 0.5) is 17.6 Å². The number of halogens is 4. The second kappa shape index (κ2) is 10.9. The number of nitrogens with zero attached hydrogens (tertiary/aromatic N) is 2. The lowest BCUT2D eigenvalue weighted by atomic mass is 9.81. The first-order chi connectivity index (χ1) is 20.7. The molecule has 0 bridgehead atoms. The van der Waals surface area contributed by atoms with Gasteiger partial charge < -0.3 is 30.2 Å². The van der Waals surface area contributed by atoms with Gasteiger partial charge in [-0.05, 0) is 62.4 Å². The third-order valence-electron chi connectivity index (χ3n) is 7.64. The number of amides is 2. The summed E-state index contributed by atoms with van der Waals surface area (Å²) in [5.41, 5.74) is 0.331. The second-order valence-corrected chi connectivity index (χ2v) is 10.5. The van der Waals surface area contributed by atoms with Gasteiger partial charge in [0.15, 0.2) is 0 Å². The molecule has 5 rings (SSSR count). The van der Waals surface area contributed by atoms with Crippen LogP contribution < -0.4 is 20.5 Å². The number of aryl methyl sites for hydroxylation is 1. The van der Waals surface area contributed by atoms with Gasteiger partial charge in [-0.25, -0.2) is 9.37 Å². The number of nitrogens with one attached hydrogen (secondary N) is 1. The number of carbonyl (C=O) groups excluding carboxylic acids is 2. The first-order valence-electron chi connectivity index (χ1n) is 13.1. The molecule has 2 aromatic heterocycles. The van der Waals surface area contributed by atoms with E-state index >= 15 is 0 Å². The van der Waals surface area contributed by atoms with Crippen molar-refractivity contribution >= 4 is 11.8 Å². The van der Waals surface area contributed by atoms with E-state index < -0.39 is 47.1 Å². The fourth-order valence-electron chi connectivity index (χ4n) is 4.86. The molecule has 10 nitrogen and oxygen atoms in total. The molecule has 0 saturated carbocycles. The maximum atomic E-state index is 14.7. The summed E-state index contributed by atoms with van der Waals surface area (Å²) in [5.74, 6) is -1.78. The highest BCUT2D eigenvalue weighted by molar-refractivity contribution is 5.96. The molecule has 2 atom stereocenters. The van der Waals surface area contributed by atoms with Crippen LogP contribution >= 0.6 is 0 Å². The maximum absolute atomic E-state index is 14.7. The minimum Gasteiger partial charge on any atom is -0.496 e. The molecule has 1 aliphatic rings. The van der Waals surface area contributed by atoms with Crippen LogP contribution in [0.2, 0.25) is 0 Å². The zero-order valence-corrected chi connectivity index (χ0v) is 23.6. The van der Waals surface area contributed by atoms with Gasteiger partial charge >= 0.3 is 6.18 Å². The summed E-state index contributed by atoms with van der Waals surface area (Å²) in [4.78, 5) is 29.5. The zero-order valence-electron chi connectivity index (χ0n) is 23.6. The Kier molecular flexibility index (Phi) is 7.58. The molecule has 230 valence electrons. The van der Waals surface area contributed by atoms with Crippen LogP contribution in [0.1, 0.15) is 34.3 Å². The van der Waals surface area contributed by atoms with Crippen LogP contribution in [0.3, 0.4) is 0 Å². The highest BCUT2D eigenvalue weighted by Crippen LogP contribution is 2.47. The van der Waals surface area contributed by atoms with E-state index in [0.29, 0.717) is 16.9 Å². The third-order valence-corrected chi connectivity index (χ3v) is 7.64. The molecule has 0 unspecified atom stereocenters. The molecule has 0 aliphatic carbocycles. The lowest BCUT2D eigenvalue weighted by Crippen LogP contribution is -2.51. The van der Waals surface area contributed by atoms with E-state index in [-0.39, 0.29) is 40.5 Å². The highest BCUT2D eigenvalue weighted by Gasteiger charge is 2.57. The van der Waals surface area contributed by atoms with Gasteiger partial charge in [-0.15, -0.1) is 0 Å². The lowest BCUT2D eigenvalue weighted by molar-refractivity contribution is -0.265. The SMILES string of the molecule is COc1cc(C(=O)NC[C@](O)(c2cc3c(c(-c4ccc(F)cc4)n2)OC[C@]3(C)C(N)=O)C(F)(F)F)ccc1-c1cnoc1C. The van der Waals surface area contributed by atoms with Gasteiger partial charge in [-0.3, -0.25) is 9.59 Å². The summed E-state index contributed by atoms with van der Waals surface area (Å²) in [5, 5.41) is 17.0. The predicted molar refractivity (Wildman–Crippen MR) is 147 cm³/mol. The van der Waals surface area contributed by atoms with E-state index in [0.717, 1.165) is 18.2 Å². The van der Waals surface area contributed by atoms with Crippen molar-refractivity contribution in [2.24, 2.45) is 5.73 Å². The number of nitrogens with two attached hydrogens (primary N) is 1. The molecule has 0 saturated heterocycles. The molecule has 2 amide bonds. The number of pyridine rings is 1. The van der Waals surface area contributed by atoms with Gasteiger partial charge in [0.05, 0.1) is 25.5 Å². The predicted octanol–water partition coefficient (Wildman–Crippen LogP) is 4.18. The van der Waals surface area contributed by atoms with Crippen LogP contribution in [-0.4, -0.2) is 53.5 Å². The number of hydrogen-bond acceptors (Lipinski definition) is 8. The average Bonchev–Trinajstić information content (AvgIpc) is 3.58. The molecular weight excluding hydrogens is 588 g/mol. The van der Waals surface area contributed by atoms with Crippen molar-refractivity contribution in [3.8, 4) is 33.9 Å². The molecule has 3 heterocycles. The largest absolute Gasteiger partial charge is 0.496 e. The van der Waals surface area contributed by atoms with Crippen molar-refractivity contribution in [3.63, 3.8) is 0 Å². The minimum atomic E-state index is -5.36. The van der Waals surface area contributed by atoms with Crippen molar-refractivity contribution in [2.45, 2.75) is 31.0 Å². The molecule has 0 radical (unpaired) electrons. The number of aromatic nitrogens is 2. The highest BCUT2D eigenvalue weighted by atomic mass is 19.4. The Labute approximate surface area is 247 Å². The third kappa shape index (κ3) is 5.10. The number of aliphatic hydroxyl groups is 1. The van der Waals surface area contributed by atoms with Crippen molar-refractivity contribution in [1.82, 2.24) is 15.5 Å². The Hall–Kier alpha value is -4.98. The minimum absolute atomic E-state index is 0.0366. The van der Waals surface area contributed by atoms with E-state index in [1.807, 2.05) is 0 Å². The van der Waals surface area contributed by atoms with E-state index in [4.69, 9.17) is 19.7 Å². The smallest absolute Gasteiger partial charge is 0.424 e. The van der Waals surface area contributed by atoms with E-state index in [2.05, 4.69) is 15.5 Å². The summed E-state index contributed by atoms with van der Waals surface area (Å²) in [6, 6.07) is 9.75. The Bertz CT molecular complexity index is 1760. The van der Waals surface area contributed by atoms with Crippen LogP contribution in [0.25, 0.3) is 22.4 Å². The molecule has 1 aliphatic heterocycles. The summed E-state index contributed by atoms with van der Waals surface area (Å²) in [6.07, 6.45) is -3.91. The van der Waals surface area contributed by atoms with Gasteiger partial charge in [0, 0.05) is 27.8 Å². The van der Waals surface area contributed by atoms with E-state index in [9.17, 15) is 32.3 Å². The number of hydrogen-bond donors (Lipinski definition) is 3. The Balaban J connectivity index is 1.54. The molecule has 0 spiro atoms. The maximum Gasteiger partial charge on any atom is 0.424 e. The van der Waals surface area contributed by atoms with Crippen LogP contribution in [0.5, 0.6) is 11.5 Å². The summed E-state index contributed by atoms with van der Waals surface area (Å²) in [6.45, 7) is 1.40. The van der Waals surface area contributed by atoms with Gasteiger partial charge in [0.25, 0.3) is 5.91 Å². The number of rotatable bonds is 8. The Morgan fingerprint density at radius 1 is 1.14 bits per heavy atom. The van der Waals surface area contributed by atoms with E-state index in [1.54, 1.807) is 6.92 Å². The van der Waals surface area contributed by atoms with Crippen molar-refractivity contribution < 1.29 is 46.3 Å². The Morgan fingerprint density at radius 3 is 2.43 bits per heavy atom. The van der Waals surface area contributed by atoms with Crippen molar-refractivity contribution in [1.29, 1.82) is 0 Å². The number of carbonyl (C=O) groups is 2.